The molecule has 88 valence electrons. The van der Waals surface area contributed by atoms with E-state index in [0.29, 0.717) is 5.75 Å². The zero-order chi connectivity index (χ0) is 12.3. The van der Waals surface area contributed by atoms with Crippen molar-refractivity contribution in [2.24, 2.45) is 0 Å². The lowest BCUT2D eigenvalue weighted by Gasteiger charge is -2.19. The SMILES string of the molecule is Cc1cccc(C)c1OC(=O)OC(C)(C)C. The second-order valence-electron chi connectivity index (χ2n) is 4.79. The average Bonchev–Trinajstić information content (AvgIpc) is 2.08. The number of para-hydroxylation sites is 1. The zero-order valence-corrected chi connectivity index (χ0v) is 10.5. The maximum Gasteiger partial charge on any atom is 0.514 e. The van der Waals surface area contributed by atoms with Gasteiger partial charge in [0.1, 0.15) is 11.4 Å². The van der Waals surface area contributed by atoms with E-state index in [1.54, 1.807) is 20.8 Å². The molecule has 0 saturated carbocycles. The molecule has 0 aliphatic carbocycles. The fourth-order valence-electron chi connectivity index (χ4n) is 1.31. The predicted octanol–water partition coefficient (Wildman–Crippen LogP) is 3.62. The van der Waals surface area contributed by atoms with Gasteiger partial charge in [-0.3, -0.25) is 0 Å². The molecular weight excluding hydrogens is 204 g/mol. The van der Waals surface area contributed by atoms with E-state index >= 15 is 0 Å². The van der Waals surface area contributed by atoms with Gasteiger partial charge in [-0.25, -0.2) is 4.79 Å². The molecule has 0 radical (unpaired) electrons. The van der Waals surface area contributed by atoms with Crippen LogP contribution in [0.2, 0.25) is 0 Å². The van der Waals surface area contributed by atoms with Crippen molar-refractivity contribution in [2.75, 3.05) is 0 Å². The third-order valence-electron chi connectivity index (χ3n) is 1.98. The van der Waals surface area contributed by atoms with Crippen LogP contribution in [0.1, 0.15) is 31.9 Å². The van der Waals surface area contributed by atoms with Gasteiger partial charge in [0.15, 0.2) is 0 Å². The van der Waals surface area contributed by atoms with Gasteiger partial charge < -0.3 is 9.47 Å². The summed E-state index contributed by atoms with van der Waals surface area (Å²) < 4.78 is 10.3. The molecule has 0 aliphatic rings. The Morgan fingerprint density at radius 2 is 1.62 bits per heavy atom. The zero-order valence-electron chi connectivity index (χ0n) is 10.5. The molecular formula is C13H18O3. The standard InChI is InChI=1S/C13H18O3/c1-9-7-6-8-10(2)11(9)15-12(14)16-13(3,4)5/h6-8H,1-5H3. The molecule has 0 aromatic heterocycles. The molecule has 0 amide bonds. The molecule has 0 N–H and O–H groups in total. The Morgan fingerprint density at radius 3 is 2.06 bits per heavy atom. The number of hydrogen-bond acceptors (Lipinski definition) is 3. The smallest absolute Gasteiger partial charge is 0.428 e. The molecule has 1 aromatic rings. The molecule has 3 nitrogen and oxygen atoms in total. The first-order valence-corrected chi connectivity index (χ1v) is 5.26. The number of carbonyl (C=O) groups is 1. The van der Waals surface area contributed by atoms with Crippen molar-refractivity contribution in [2.45, 2.75) is 40.2 Å². The summed E-state index contributed by atoms with van der Waals surface area (Å²) in [5.74, 6) is 0.580. The van der Waals surface area contributed by atoms with Crippen LogP contribution < -0.4 is 4.74 Å². The predicted molar refractivity (Wildman–Crippen MR) is 62.8 cm³/mol. The lowest BCUT2D eigenvalue weighted by atomic mass is 10.1. The van der Waals surface area contributed by atoms with Crippen molar-refractivity contribution in [1.82, 2.24) is 0 Å². The first-order chi connectivity index (χ1) is 7.29. The van der Waals surface area contributed by atoms with E-state index in [1.807, 2.05) is 32.0 Å². The third kappa shape index (κ3) is 3.57. The van der Waals surface area contributed by atoms with E-state index in [1.165, 1.54) is 0 Å². The van der Waals surface area contributed by atoms with Crippen molar-refractivity contribution < 1.29 is 14.3 Å². The number of benzene rings is 1. The number of aryl methyl sites for hydroxylation is 2. The summed E-state index contributed by atoms with van der Waals surface area (Å²) in [5.41, 5.74) is 1.31. The second-order valence-corrected chi connectivity index (χ2v) is 4.79. The molecule has 0 fully saturated rings. The van der Waals surface area contributed by atoms with Crippen LogP contribution >= 0.6 is 0 Å². The molecule has 0 unspecified atom stereocenters. The van der Waals surface area contributed by atoms with Gasteiger partial charge in [-0.05, 0) is 45.7 Å². The minimum absolute atomic E-state index is 0.534. The highest BCUT2D eigenvalue weighted by Gasteiger charge is 2.19. The molecule has 0 bridgehead atoms. The summed E-state index contributed by atoms with van der Waals surface area (Å²) in [7, 11) is 0. The van der Waals surface area contributed by atoms with E-state index < -0.39 is 11.8 Å². The topological polar surface area (TPSA) is 35.5 Å². The fourth-order valence-corrected chi connectivity index (χ4v) is 1.31. The van der Waals surface area contributed by atoms with Gasteiger partial charge in [0.2, 0.25) is 0 Å². The number of ether oxygens (including phenoxy) is 2. The van der Waals surface area contributed by atoms with Crippen LogP contribution in [0.5, 0.6) is 5.75 Å². The summed E-state index contributed by atoms with van der Waals surface area (Å²) in [6, 6.07) is 5.71. The fraction of sp³-hybridized carbons (Fsp3) is 0.462. The monoisotopic (exact) mass is 222 g/mol. The van der Waals surface area contributed by atoms with Crippen molar-refractivity contribution in [3.63, 3.8) is 0 Å². The van der Waals surface area contributed by atoms with Crippen LogP contribution in [0, 0.1) is 13.8 Å². The summed E-state index contributed by atoms with van der Waals surface area (Å²) in [6.07, 6.45) is -0.662. The number of hydrogen-bond donors (Lipinski definition) is 0. The van der Waals surface area contributed by atoms with Crippen LogP contribution in [0.3, 0.4) is 0 Å². The molecule has 0 atom stereocenters. The van der Waals surface area contributed by atoms with Crippen LogP contribution in [0.15, 0.2) is 18.2 Å². The first-order valence-electron chi connectivity index (χ1n) is 5.26. The Labute approximate surface area is 96.4 Å². The molecule has 1 aromatic carbocycles. The highest BCUT2D eigenvalue weighted by atomic mass is 16.7. The maximum absolute atomic E-state index is 11.5. The van der Waals surface area contributed by atoms with Crippen LogP contribution in [-0.4, -0.2) is 11.8 Å². The highest BCUT2D eigenvalue weighted by molar-refractivity contribution is 5.65. The van der Waals surface area contributed by atoms with Gasteiger partial charge in [-0.2, -0.15) is 0 Å². The molecule has 0 saturated heterocycles. The lowest BCUT2D eigenvalue weighted by Crippen LogP contribution is -2.26. The van der Waals surface area contributed by atoms with E-state index in [9.17, 15) is 4.79 Å². The summed E-state index contributed by atoms with van der Waals surface area (Å²) in [5, 5.41) is 0. The van der Waals surface area contributed by atoms with E-state index in [2.05, 4.69) is 0 Å². The normalized spacial score (nSPS) is 11.1. The minimum atomic E-state index is -0.662. The van der Waals surface area contributed by atoms with Crippen molar-refractivity contribution in [3.05, 3.63) is 29.3 Å². The van der Waals surface area contributed by atoms with Crippen LogP contribution in [0.4, 0.5) is 4.79 Å². The summed E-state index contributed by atoms with van der Waals surface area (Å²) in [6.45, 7) is 9.20. The van der Waals surface area contributed by atoms with Crippen molar-refractivity contribution in [1.29, 1.82) is 0 Å². The molecule has 0 heterocycles. The minimum Gasteiger partial charge on any atom is -0.428 e. The van der Waals surface area contributed by atoms with Crippen LogP contribution in [-0.2, 0) is 4.74 Å². The first kappa shape index (κ1) is 12.6. The molecule has 0 spiro atoms. The van der Waals surface area contributed by atoms with Crippen molar-refractivity contribution in [3.8, 4) is 5.75 Å². The third-order valence-corrected chi connectivity index (χ3v) is 1.98. The Bertz CT molecular complexity index is 368. The van der Waals surface area contributed by atoms with E-state index in [4.69, 9.17) is 9.47 Å². The van der Waals surface area contributed by atoms with E-state index in [0.717, 1.165) is 11.1 Å². The quantitative estimate of drug-likeness (QED) is 0.537. The summed E-state index contributed by atoms with van der Waals surface area (Å²) >= 11 is 0. The lowest BCUT2D eigenvalue weighted by molar-refractivity contribution is 0.0203. The Balaban J connectivity index is 2.78. The van der Waals surface area contributed by atoms with Gasteiger partial charge in [-0.1, -0.05) is 18.2 Å². The van der Waals surface area contributed by atoms with Crippen molar-refractivity contribution >= 4 is 6.16 Å². The Hall–Kier alpha value is -1.51. The maximum atomic E-state index is 11.5. The van der Waals surface area contributed by atoms with Gasteiger partial charge >= 0.3 is 6.16 Å². The number of rotatable bonds is 1. The second kappa shape index (κ2) is 4.56. The van der Waals surface area contributed by atoms with Crippen LogP contribution in [0.25, 0.3) is 0 Å². The number of carbonyl (C=O) groups excluding carboxylic acids is 1. The van der Waals surface area contributed by atoms with Gasteiger partial charge in [0.25, 0.3) is 0 Å². The van der Waals surface area contributed by atoms with E-state index in [-0.39, 0.29) is 0 Å². The Kier molecular flexibility index (Phi) is 3.58. The molecule has 0 aliphatic heterocycles. The Morgan fingerprint density at radius 1 is 1.12 bits per heavy atom. The molecule has 3 heteroatoms. The largest absolute Gasteiger partial charge is 0.514 e. The van der Waals surface area contributed by atoms with Gasteiger partial charge in [-0.15, -0.1) is 0 Å². The van der Waals surface area contributed by atoms with Gasteiger partial charge in [0, 0.05) is 0 Å². The molecule has 1 rings (SSSR count). The summed E-state index contributed by atoms with van der Waals surface area (Å²) in [4.78, 5) is 11.5. The average molecular weight is 222 g/mol. The highest BCUT2D eigenvalue weighted by Crippen LogP contribution is 2.23. The van der Waals surface area contributed by atoms with Gasteiger partial charge in [0.05, 0.1) is 0 Å². The molecule has 16 heavy (non-hydrogen) atoms.